The third-order valence-corrected chi connectivity index (χ3v) is 6.78. The maximum Gasteiger partial charge on any atom is 0.292 e. The van der Waals surface area contributed by atoms with E-state index in [0.29, 0.717) is 0 Å². The molecule has 2 heterocycles. The number of hydrogen-bond acceptors (Lipinski definition) is 7. The highest BCUT2D eigenvalue weighted by Gasteiger charge is 2.25. The zero-order valence-electron chi connectivity index (χ0n) is 14.5. The molecule has 2 aromatic heterocycles. The summed E-state index contributed by atoms with van der Waals surface area (Å²) in [5.41, 5.74) is 1.39. The second-order valence-corrected chi connectivity index (χ2v) is 8.65. The summed E-state index contributed by atoms with van der Waals surface area (Å²) in [5, 5.41) is 15.2. The maximum atomic E-state index is 12.6. The first kappa shape index (κ1) is 17.9. The fourth-order valence-electron chi connectivity index (χ4n) is 3.18. The van der Waals surface area contributed by atoms with Crippen LogP contribution in [0.5, 0.6) is 0 Å². The molecule has 0 saturated carbocycles. The van der Waals surface area contributed by atoms with Gasteiger partial charge in [0.1, 0.15) is 21.9 Å². The molecule has 1 aliphatic rings. The van der Waals surface area contributed by atoms with Crippen molar-refractivity contribution in [1.29, 1.82) is 0 Å². The van der Waals surface area contributed by atoms with E-state index in [1.807, 2.05) is 0 Å². The van der Waals surface area contributed by atoms with Gasteiger partial charge in [0.05, 0.1) is 10.2 Å². The van der Waals surface area contributed by atoms with Gasteiger partial charge in [-0.1, -0.05) is 23.9 Å². The van der Waals surface area contributed by atoms with Gasteiger partial charge in [-0.2, -0.15) is 0 Å². The molecule has 7 nitrogen and oxygen atoms in total. The number of thioether (sulfide) groups is 1. The zero-order valence-corrected chi connectivity index (χ0v) is 16.1. The Morgan fingerprint density at radius 1 is 1.33 bits per heavy atom. The van der Waals surface area contributed by atoms with Crippen molar-refractivity contribution in [3.63, 3.8) is 0 Å². The molecular weight excluding hydrogens is 384 g/mol. The van der Waals surface area contributed by atoms with Gasteiger partial charge in [-0.05, 0) is 37.8 Å². The van der Waals surface area contributed by atoms with Crippen LogP contribution >= 0.6 is 23.1 Å². The number of nitro groups is 1. The Balaban J connectivity index is 1.56. The van der Waals surface area contributed by atoms with Crippen molar-refractivity contribution in [3.8, 4) is 0 Å². The first-order valence-electron chi connectivity index (χ1n) is 8.51. The van der Waals surface area contributed by atoms with Crippen molar-refractivity contribution in [2.75, 3.05) is 5.32 Å². The molecule has 27 heavy (non-hydrogen) atoms. The van der Waals surface area contributed by atoms with E-state index >= 15 is 0 Å². The molecule has 0 fully saturated rings. The minimum Gasteiger partial charge on any atom is -0.319 e. The standard InChI is InChI=1S/C18H16N4O3S2/c1-10(16(23)21-12-6-2-3-7-13(12)22(24)25)26-17-15-11-5-4-8-14(11)27-18(15)20-9-19-17/h2-3,6-7,9-10H,4-5,8H2,1H3,(H,21,23)/t10-/m0/s1. The molecule has 0 spiro atoms. The number of carbonyl (C=O) groups excluding carboxylic acids is 1. The first-order chi connectivity index (χ1) is 13.0. The normalized spacial score (nSPS) is 14.1. The minimum absolute atomic E-state index is 0.122. The highest BCUT2D eigenvalue weighted by molar-refractivity contribution is 8.00. The number of carbonyl (C=O) groups is 1. The molecule has 9 heteroatoms. The number of amides is 1. The molecule has 138 valence electrons. The third kappa shape index (κ3) is 3.40. The Morgan fingerprint density at radius 2 is 2.15 bits per heavy atom. The van der Waals surface area contributed by atoms with Crippen LogP contribution in [-0.4, -0.2) is 26.0 Å². The van der Waals surface area contributed by atoms with Gasteiger partial charge in [-0.15, -0.1) is 11.3 Å². The fourth-order valence-corrected chi connectivity index (χ4v) is 5.42. The van der Waals surface area contributed by atoms with Gasteiger partial charge < -0.3 is 5.32 Å². The van der Waals surface area contributed by atoms with Crippen LogP contribution in [0.1, 0.15) is 23.8 Å². The maximum absolute atomic E-state index is 12.6. The van der Waals surface area contributed by atoms with Gasteiger partial charge in [0.15, 0.2) is 0 Å². The van der Waals surface area contributed by atoms with Crippen molar-refractivity contribution >= 4 is 50.6 Å². The molecule has 1 aliphatic carbocycles. The lowest BCUT2D eigenvalue weighted by Gasteiger charge is -2.12. The van der Waals surface area contributed by atoms with E-state index in [2.05, 4.69) is 15.3 Å². The number of aromatic nitrogens is 2. The van der Waals surface area contributed by atoms with Crippen molar-refractivity contribution in [1.82, 2.24) is 9.97 Å². The average Bonchev–Trinajstić information content (AvgIpc) is 3.23. The highest BCUT2D eigenvalue weighted by Crippen LogP contribution is 2.41. The first-order valence-corrected chi connectivity index (χ1v) is 10.2. The molecule has 0 saturated heterocycles. The van der Waals surface area contributed by atoms with Crippen LogP contribution in [0.2, 0.25) is 0 Å². The summed E-state index contributed by atoms with van der Waals surface area (Å²) in [5.74, 6) is -0.298. The van der Waals surface area contributed by atoms with Gasteiger partial charge in [0.2, 0.25) is 5.91 Å². The van der Waals surface area contributed by atoms with E-state index < -0.39 is 10.2 Å². The van der Waals surface area contributed by atoms with Crippen LogP contribution in [0.3, 0.4) is 0 Å². The fraction of sp³-hybridized carbons (Fsp3) is 0.278. The van der Waals surface area contributed by atoms with Gasteiger partial charge in [-0.3, -0.25) is 14.9 Å². The second-order valence-electron chi connectivity index (χ2n) is 6.24. The third-order valence-electron chi connectivity index (χ3n) is 4.48. The molecule has 0 radical (unpaired) electrons. The van der Waals surface area contributed by atoms with E-state index in [9.17, 15) is 14.9 Å². The quantitative estimate of drug-likeness (QED) is 0.298. The SMILES string of the molecule is C[C@H](Sc1ncnc2sc3c(c12)CCC3)C(=O)Nc1ccccc1[N+](=O)[O-]. The van der Waals surface area contributed by atoms with E-state index in [0.717, 1.165) is 34.5 Å². The number of thiophene rings is 1. The number of para-hydroxylation sites is 2. The Morgan fingerprint density at radius 3 is 2.96 bits per heavy atom. The lowest BCUT2D eigenvalue weighted by atomic mass is 10.2. The van der Waals surface area contributed by atoms with Crippen LogP contribution in [-0.2, 0) is 17.6 Å². The van der Waals surface area contributed by atoms with E-state index in [4.69, 9.17) is 0 Å². The molecule has 0 unspecified atom stereocenters. The number of nitro benzene ring substituents is 1. The highest BCUT2D eigenvalue weighted by atomic mass is 32.2. The molecule has 3 aromatic rings. The van der Waals surface area contributed by atoms with Crippen LogP contribution in [0.4, 0.5) is 11.4 Å². The van der Waals surface area contributed by atoms with Crippen molar-refractivity contribution in [2.24, 2.45) is 0 Å². The zero-order chi connectivity index (χ0) is 19.0. The van der Waals surface area contributed by atoms with Gasteiger partial charge in [0.25, 0.3) is 5.69 Å². The van der Waals surface area contributed by atoms with Crippen LogP contribution in [0, 0.1) is 10.1 Å². The van der Waals surface area contributed by atoms with E-state index in [-0.39, 0.29) is 17.3 Å². The monoisotopic (exact) mass is 400 g/mol. The average molecular weight is 400 g/mol. The molecule has 1 amide bonds. The summed E-state index contributed by atoms with van der Waals surface area (Å²) < 4.78 is 0. The molecule has 0 aliphatic heterocycles. The van der Waals surface area contributed by atoms with Crippen LogP contribution in [0.15, 0.2) is 35.6 Å². The summed E-state index contributed by atoms with van der Waals surface area (Å²) in [6.07, 6.45) is 4.77. The topological polar surface area (TPSA) is 98.0 Å². The van der Waals surface area contributed by atoms with Gasteiger partial charge in [-0.25, -0.2) is 9.97 Å². The Hall–Kier alpha value is -2.52. The predicted molar refractivity (Wildman–Crippen MR) is 106 cm³/mol. The molecule has 1 N–H and O–H groups in total. The number of nitrogens with zero attached hydrogens (tertiary/aromatic N) is 3. The molecular formula is C18H16N4O3S2. The number of fused-ring (bicyclic) bond motifs is 3. The largest absolute Gasteiger partial charge is 0.319 e. The van der Waals surface area contributed by atoms with Crippen LogP contribution in [0.25, 0.3) is 10.2 Å². The van der Waals surface area contributed by atoms with Crippen molar-refractivity contribution in [2.45, 2.75) is 36.5 Å². The predicted octanol–water partition coefficient (Wildman–Crippen LogP) is 4.21. The Labute approximate surface area is 163 Å². The number of rotatable bonds is 5. The van der Waals surface area contributed by atoms with E-state index in [1.165, 1.54) is 40.7 Å². The molecule has 0 bridgehead atoms. The summed E-state index contributed by atoms with van der Waals surface area (Å²) in [6.45, 7) is 1.77. The summed E-state index contributed by atoms with van der Waals surface area (Å²) in [6, 6.07) is 6.13. The smallest absolute Gasteiger partial charge is 0.292 e. The minimum atomic E-state index is -0.504. The molecule has 1 atom stereocenters. The van der Waals surface area contributed by atoms with Crippen LogP contribution < -0.4 is 5.32 Å². The van der Waals surface area contributed by atoms with E-state index in [1.54, 1.807) is 30.4 Å². The number of aryl methyl sites for hydroxylation is 2. The Kier molecular flexibility index (Phi) is 4.79. The second kappa shape index (κ2) is 7.24. The lowest BCUT2D eigenvalue weighted by molar-refractivity contribution is -0.383. The van der Waals surface area contributed by atoms with Gasteiger partial charge >= 0.3 is 0 Å². The Bertz CT molecular complexity index is 1050. The van der Waals surface area contributed by atoms with Crippen molar-refractivity contribution < 1.29 is 9.72 Å². The summed E-state index contributed by atoms with van der Waals surface area (Å²) in [7, 11) is 0. The number of benzene rings is 1. The summed E-state index contributed by atoms with van der Waals surface area (Å²) >= 11 is 3.06. The molecule has 1 aromatic carbocycles. The summed E-state index contributed by atoms with van der Waals surface area (Å²) in [4.78, 5) is 34.3. The number of anilines is 1. The van der Waals surface area contributed by atoms with Crippen molar-refractivity contribution in [3.05, 3.63) is 51.1 Å². The number of nitrogens with one attached hydrogen (secondary N) is 1. The molecule has 4 rings (SSSR count). The van der Waals surface area contributed by atoms with Gasteiger partial charge in [0, 0.05) is 16.3 Å². The number of hydrogen-bond donors (Lipinski definition) is 1. The lowest BCUT2D eigenvalue weighted by Crippen LogP contribution is -2.23.